The molecule has 0 aliphatic rings. The molecule has 0 saturated heterocycles. The Balaban J connectivity index is 1.91. The van der Waals surface area contributed by atoms with E-state index in [1.807, 2.05) is 61.5 Å². The quantitative estimate of drug-likeness (QED) is 0.617. The molecular weight excluding hydrogens is 336 g/mol. The lowest BCUT2D eigenvalue weighted by Gasteiger charge is -2.05. The van der Waals surface area contributed by atoms with Gasteiger partial charge in [-0.05, 0) is 24.8 Å². The van der Waals surface area contributed by atoms with Crippen molar-refractivity contribution in [2.24, 2.45) is 0 Å². The fourth-order valence-electron chi connectivity index (χ4n) is 2.24. The highest BCUT2D eigenvalue weighted by Gasteiger charge is 2.16. The van der Waals surface area contributed by atoms with Crippen LogP contribution < -0.4 is 5.32 Å². The molecule has 0 aliphatic carbocycles. The van der Waals surface area contributed by atoms with Crippen LogP contribution in [0.5, 0.6) is 0 Å². The van der Waals surface area contributed by atoms with Crippen LogP contribution in [0.2, 0.25) is 0 Å². The van der Waals surface area contributed by atoms with Gasteiger partial charge in [0, 0.05) is 11.1 Å². The zero-order chi connectivity index (χ0) is 16.9. The Hall–Kier alpha value is -2.11. The Morgan fingerprint density at radius 2 is 1.83 bits per heavy atom. The molecule has 0 saturated carbocycles. The molecule has 3 nitrogen and oxygen atoms in total. The molecule has 3 aromatic rings. The average Bonchev–Trinajstić information content (AvgIpc) is 2.99. The van der Waals surface area contributed by atoms with Crippen LogP contribution in [-0.2, 0) is 0 Å². The number of amides is 1. The number of thiazole rings is 1. The number of carbonyl (C=O) groups is 1. The third-order valence-corrected chi connectivity index (χ3v) is 5.46. The van der Waals surface area contributed by atoms with Crippen molar-refractivity contribution in [3.05, 3.63) is 65.7 Å². The van der Waals surface area contributed by atoms with Crippen LogP contribution in [0.3, 0.4) is 0 Å². The Morgan fingerprint density at radius 1 is 1.12 bits per heavy atom. The fraction of sp³-hybridized carbons (Fsp3) is 0.158. The summed E-state index contributed by atoms with van der Waals surface area (Å²) in [5.41, 5.74) is 3.63. The van der Waals surface area contributed by atoms with Crippen molar-refractivity contribution in [2.45, 2.75) is 18.2 Å². The summed E-state index contributed by atoms with van der Waals surface area (Å²) >= 11 is 3.21. The van der Waals surface area contributed by atoms with Gasteiger partial charge in [-0.25, -0.2) is 4.98 Å². The Bertz CT molecular complexity index is 826. The van der Waals surface area contributed by atoms with E-state index in [0.29, 0.717) is 5.56 Å². The maximum absolute atomic E-state index is 12.5. The molecule has 1 N–H and O–H groups in total. The molecule has 0 radical (unpaired) electrons. The average molecular weight is 355 g/mol. The van der Waals surface area contributed by atoms with E-state index in [9.17, 15) is 4.79 Å². The predicted molar refractivity (Wildman–Crippen MR) is 103 cm³/mol. The molecule has 0 spiro atoms. The van der Waals surface area contributed by atoms with Crippen molar-refractivity contribution in [3.8, 4) is 11.3 Å². The summed E-state index contributed by atoms with van der Waals surface area (Å²) in [4.78, 5) is 17.2. The van der Waals surface area contributed by atoms with Gasteiger partial charge in [0.05, 0.1) is 0 Å². The zero-order valence-electron chi connectivity index (χ0n) is 13.6. The predicted octanol–water partition coefficient (Wildman–Crippen LogP) is 5.48. The molecule has 0 atom stereocenters. The molecule has 122 valence electrons. The molecule has 0 bridgehead atoms. The number of benzene rings is 2. The summed E-state index contributed by atoms with van der Waals surface area (Å²) in [5, 5.41) is 3.82. The van der Waals surface area contributed by atoms with Gasteiger partial charge in [0.2, 0.25) is 0 Å². The van der Waals surface area contributed by atoms with Crippen molar-refractivity contribution < 1.29 is 4.79 Å². The smallest absolute Gasteiger partial charge is 0.256 e. The van der Waals surface area contributed by atoms with Gasteiger partial charge in [-0.1, -0.05) is 78.1 Å². The summed E-state index contributed by atoms with van der Waals surface area (Å²) in [6.07, 6.45) is 0. The van der Waals surface area contributed by atoms with Gasteiger partial charge in [-0.3, -0.25) is 4.79 Å². The standard InChI is InChI=1S/C19H18N2OS2/c1-3-23-19-20-16(14-7-5-4-6-8-14)18(24-19)21-17(22)15-11-9-13(2)10-12-15/h4-12H,3H2,1-2H3,(H,21,22). The van der Waals surface area contributed by atoms with Crippen molar-refractivity contribution in [1.82, 2.24) is 4.98 Å². The van der Waals surface area contributed by atoms with Gasteiger partial charge in [-0.15, -0.1) is 0 Å². The van der Waals surface area contributed by atoms with Crippen molar-refractivity contribution >= 4 is 34.0 Å². The topological polar surface area (TPSA) is 42.0 Å². The molecule has 1 heterocycles. The summed E-state index contributed by atoms with van der Waals surface area (Å²) in [7, 11) is 0. The SMILES string of the molecule is CCSc1nc(-c2ccccc2)c(NC(=O)c2ccc(C)cc2)s1. The van der Waals surface area contributed by atoms with Gasteiger partial charge in [0.1, 0.15) is 10.7 Å². The van der Waals surface area contributed by atoms with Gasteiger partial charge < -0.3 is 5.32 Å². The minimum absolute atomic E-state index is 0.108. The molecule has 0 unspecified atom stereocenters. The first-order chi connectivity index (χ1) is 11.7. The van der Waals surface area contributed by atoms with Crippen LogP contribution >= 0.6 is 23.1 Å². The fourth-order valence-corrected chi connectivity index (χ4v) is 4.20. The lowest BCUT2D eigenvalue weighted by Crippen LogP contribution is -2.11. The van der Waals surface area contributed by atoms with Crippen LogP contribution in [0.1, 0.15) is 22.8 Å². The largest absolute Gasteiger partial charge is 0.312 e. The monoisotopic (exact) mass is 354 g/mol. The van der Waals surface area contributed by atoms with E-state index < -0.39 is 0 Å². The van der Waals surface area contributed by atoms with Gasteiger partial charge in [-0.2, -0.15) is 0 Å². The zero-order valence-corrected chi connectivity index (χ0v) is 15.2. The van der Waals surface area contributed by atoms with E-state index >= 15 is 0 Å². The van der Waals surface area contributed by atoms with E-state index in [2.05, 4.69) is 12.2 Å². The molecule has 0 aliphatic heterocycles. The highest BCUT2D eigenvalue weighted by atomic mass is 32.2. The lowest BCUT2D eigenvalue weighted by molar-refractivity contribution is 0.102. The first kappa shape index (κ1) is 16.7. The molecule has 1 amide bonds. The molecule has 2 aromatic carbocycles. The Kier molecular flexibility index (Phi) is 5.33. The van der Waals surface area contributed by atoms with Crippen LogP contribution in [0.25, 0.3) is 11.3 Å². The van der Waals surface area contributed by atoms with E-state index in [1.54, 1.807) is 11.8 Å². The minimum Gasteiger partial charge on any atom is -0.312 e. The summed E-state index contributed by atoms with van der Waals surface area (Å²) in [6.45, 7) is 4.10. The molecule has 24 heavy (non-hydrogen) atoms. The summed E-state index contributed by atoms with van der Waals surface area (Å²) < 4.78 is 0.968. The van der Waals surface area contributed by atoms with E-state index in [4.69, 9.17) is 4.98 Å². The number of aryl methyl sites for hydroxylation is 1. The number of hydrogen-bond donors (Lipinski definition) is 1. The second kappa shape index (κ2) is 7.64. The first-order valence-electron chi connectivity index (χ1n) is 7.74. The van der Waals surface area contributed by atoms with Crippen LogP contribution in [0.15, 0.2) is 58.9 Å². The third kappa shape index (κ3) is 3.86. The highest BCUT2D eigenvalue weighted by Crippen LogP contribution is 2.37. The second-order valence-corrected chi connectivity index (χ2v) is 7.79. The Morgan fingerprint density at radius 3 is 2.50 bits per heavy atom. The van der Waals surface area contributed by atoms with E-state index in [-0.39, 0.29) is 5.91 Å². The highest BCUT2D eigenvalue weighted by molar-refractivity contribution is 8.01. The third-order valence-electron chi connectivity index (χ3n) is 3.46. The van der Waals surface area contributed by atoms with E-state index in [0.717, 1.165) is 31.9 Å². The lowest BCUT2D eigenvalue weighted by atomic mass is 10.1. The van der Waals surface area contributed by atoms with Crippen molar-refractivity contribution in [3.63, 3.8) is 0 Å². The number of carbonyl (C=O) groups excluding carboxylic acids is 1. The molecule has 3 rings (SSSR count). The number of anilines is 1. The number of rotatable bonds is 5. The molecule has 5 heteroatoms. The Labute approximate surface area is 150 Å². The van der Waals surface area contributed by atoms with Gasteiger partial charge in [0.25, 0.3) is 5.91 Å². The second-order valence-electron chi connectivity index (χ2n) is 5.28. The summed E-state index contributed by atoms with van der Waals surface area (Å²) in [6, 6.07) is 17.5. The van der Waals surface area contributed by atoms with Crippen LogP contribution in [-0.4, -0.2) is 16.6 Å². The number of aromatic nitrogens is 1. The summed E-state index contributed by atoms with van der Waals surface area (Å²) in [5.74, 6) is 0.844. The number of nitrogens with one attached hydrogen (secondary N) is 1. The maximum Gasteiger partial charge on any atom is 0.256 e. The van der Waals surface area contributed by atoms with Crippen LogP contribution in [0, 0.1) is 6.92 Å². The van der Waals surface area contributed by atoms with Crippen LogP contribution in [0.4, 0.5) is 5.00 Å². The van der Waals surface area contributed by atoms with Gasteiger partial charge in [0.15, 0.2) is 4.34 Å². The normalized spacial score (nSPS) is 10.6. The van der Waals surface area contributed by atoms with E-state index in [1.165, 1.54) is 11.3 Å². The van der Waals surface area contributed by atoms with Gasteiger partial charge >= 0.3 is 0 Å². The number of nitrogens with zero attached hydrogens (tertiary/aromatic N) is 1. The molecule has 1 aromatic heterocycles. The van der Waals surface area contributed by atoms with Crippen molar-refractivity contribution in [1.29, 1.82) is 0 Å². The maximum atomic E-state index is 12.5. The number of thioether (sulfide) groups is 1. The van der Waals surface area contributed by atoms with Crippen molar-refractivity contribution in [2.75, 3.05) is 11.1 Å². The minimum atomic E-state index is -0.108. The molecule has 0 fully saturated rings. The first-order valence-corrected chi connectivity index (χ1v) is 9.54. The number of hydrogen-bond acceptors (Lipinski definition) is 4. The molecular formula is C19H18N2OS2.